The molecule has 0 saturated carbocycles. The number of rotatable bonds is 2. The third-order valence-corrected chi connectivity index (χ3v) is 1.07. The molecule has 7 nitrogen and oxygen atoms in total. The first-order chi connectivity index (χ1) is 5.13. The second kappa shape index (κ2) is 2.37. The Balaban J connectivity index is 3.16. The van der Waals surface area contributed by atoms with E-state index in [2.05, 4.69) is 0 Å². The summed E-state index contributed by atoms with van der Waals surface area (Å²) < 4.78 is 0.347. The lowest BCUT2D eigenvalue weighted by atomic mass is 10.6. The minimum absolute atomic E-state index is 0.347. The van der Waals surface area contributed by atoms with Crippen LogP contribution in [0.2, 0.25) is 0 Å². The molecule has 11 heavy (non-hydrogen) atoms. The highest BCUT2D eigenvalue weighted by molar-refractivity contribution is 5.19. The van der Waals surface area contributed by atoms with Crippen molar-refractivity contribution in [3.63, 3.8) is 0 Å². The van der Waals surface area contributed by atoms with Crippen LogP contribution in [-0.4, -0.2) is 14.6 Å². The molecule has 1 rings (SSSR count). The third kappa shape index (κ3) is 1.16. The molecule has 0 spiro atoms. The summed E-state index contributed by atoms with van der Waals surface area (Å²) in [5.41, 5.74) is 0. The lowest BCUT2D eigenvalue weighted by Crippen LogP contribution is -2.09. The largest absolute Gasteiger partial charge is 0.388 e. The molecular formula is C4H3N3O4. The highest BCUT2D eigenvalue weighted by atomic mass is 16.7. The Morgan fingerprint density at radius 2 is 2.00 bits per heavy atom. The molecular weight excluding hydrogens is 154 g/mol. The fraction of sp³-hybridized carbons (Fsp3) is 0. The molecule has 1 aromatic heterocycles. The van der Waals surface area contributed by atoms with Crippen LogP contribution in [0.25, 0.3) is 0 Å². The molecule has 0 atom stereocenters. The van der Waals surface area contributed by atoms with Crippen molar-refractivity contribution in [3.8, 4) is 0 Å². The van der Waals surface area contributed by atoms with Gasteiger partial charge in [0, 0.05) is 6.07 Å². The summed E-state index contributed by atoms with van der Waals surface area (Å²) in [5, 5.41) is 19.3. The second-order valence-corrected chi connectivity index (χ2v) is 1.71. The van der Waals surface area contributed by atoms with Crippen molar-refractivity contribution in [2.45, 2.75) is 0 Å². The van der Waals surface area contributed by atoms with Crippen LogP contribution in [0.3, 0.4) is 0 Å². The highest BCUT2D eigenvalue weighted by Crippen LogP contribution is 2.10. The Hall–Kier alpha value is -1.92. The van der Waals surface area contributed by atoms with E-state index < -0.39 is 15.8 Å². The normalized spacial score (nSPS) is 9.45. The summed E-state index contributed by atoms with van der Waals surface area (Å²) >= 11 is 0. The molecule has 1 heterocycles. The molecule has 0 aliphatic heterocycles. The van der Waals surface area contributed by atoms with Gasteiger partial charge in [0.1, 0.15) is 0 Å². The van der Waals surface area contributed by atoms with Gasteiger partial charge in [0.25, 0.3) is 5.03 Å². The first-order valence-corrected chi connectivity index (χ1v) is 2.59. The predicted octanol–water partition coefficient (Wildman–Crippen LogP) is 0.436. The van der Waals surface area contributed by atoms with E-state index >= 15 is 0 Å². The zero-order valence-electron chi connectivity index (χ0n) is 5.21. The molecule has 1 aromatic rings. The number of aromatic nitrogens is 1. The van der Waals surface area contributed by atoms with E-state index in [1.807, 2.05) is 0 Å². The average Bonchev–Trinajstić information content (AvgIpc) is 2.32. The molecule has 0 aliphatic rings. The molecule has 0 bridgehead atoms. The lowest BCUT2D eigenvalue weighted by Gasteiger charge is -1.89. The van der Waals surface area contributed by atoms with Crippen LogP contribution in [0.1, 0.15) is 0 Å². The summed E-state index contributed by atoms with van der Waals surface area (Å²) in [5.74, 6) is -0.546. The molecule has 0 radical (unpaired) electrons. The second-order valence-electron chi connectivity index (χ2n) is 1.71. The van der Waals surface area contributed by atoms with Gasteiger partial charge in [0.2, 0.25) is 0 Å². The van der Waals surface area contributed by atoms with Crippen LogP contribution in [0.15, 0.2) is 18.3 Å². The SMILES string of the molecule is O=[N+]([O-])c1cccn1[N+](=O)[O-]. The van der Waals surface area contributed by atoms with E-state index in [1.165, 1.54) is 6.07 Å². The first-order valence-electron chi connectivity index (χ1n) is 2.59. The Morgan fingerprint density at radius 1 is 1.36 bits per heavy atom. The molecule has 7 heteroatoms. The van der Waals surface area contributed by atoms with Crippen LogP contribution >= 0.6 is 0 Å². The summed E-state index contributed by atoms with van der Waals surface area (Å²) in [6.45, 7) is 0. The van der Waals surface area contributed by atoms with Gasteiger partial charge in [-0.1, -0.05) is 0 Å². The Kier molecular flexibility index (Phi) is 1.55. The quantitative estimate of drug-likeness (QED) is 0.459. The van der Waals surface area contributed by atoms with Crippen molar-refractivity contribution in [2.24, 2.45) is 0 Å². The van der Waals surface area contributed by atoms with E-state index in [1.54, 1.807) is 0 Å². The summed E-state index contributed by atoms with van der Waals surface area (Å²) in [4.78, 5) is 19.3. The van der Waals surface area contributed by atoms with E-state index in [4.69, 9.17) is 0 Å². The first kappa shape index (κ1) is 7.19. The fourth-order valence-corrected chi connectivity index (χ4v) is 0.646. The Bertz CT molecular complexity index is 276. The maximum Gasteiger partial charge on any atom is 0.388 e. The van der Waals surface area contributed by atoms with Crippen LogP contribution in [0.5, 0.6) is 0 Å². The van der Waals surface area contributed by atoms with Gasteiger partial charge in [-0.2, -0.15) is 0 Å². The zero-order chi connectivity index (χ0) is 8.43. The summed E-state index contributed by atoms with van der Waals surface area (Å²) in [7, 11) is 0. The predicted molar refractivity (Wildman–Crippen MR) is 33.5 cm³/mol. The monoisotopic (exact) mass is 157 g/mol. The standard InChI is InChI=1S/C4H3N3O4/c8-6(9)4-2-1-3-5(4)7(10)11/h1-3H. The molecule has 58 valence electrons. The van der Waals surface area contributed by atoms with Crippen molar-refractivity contribution in [1.29, 1.82) is 0 Å². The topological polar surface area (TPSA) is 91.2 Å². The number of nitro groups is 2. The Morgan fingerprint density at radius 3 is 2.36 bits per heavy atom. The van der Waals surface area contributed by atoms with Gasteiger partial charge in [-0.05, 0) is 11.0 Å². The van der Waals surface area contributed by atoms with Crippen molar-refractivity contribution < 1.29 is 9.96 Å². The van der Waals surface area contributed by atoms with E-state index in [0.29, 0.717) is 4.68 Å². The molecule has 0 saturated heterocycles. The maximum absolute atomic E-state index is 10.1. The molecule has 0 fully saturated rings. The smallest absolute Gasteiger partial charge is 0.358 e. The van der Waals surface area contributed by atoms with Crippen molar-refractivity contribution in [2.75, 3.05) is 0 Å². The molecule has 0 aliphatic carbocycles. The molecule has 0 N–H and O–H groups in total. The van der Waals surface area contributed by atoms with Crippen LogP contribution < -0.4 is 0 Å². The van der Waals surface area contributed by atoms with Gasteiger partial charge in [-0.3, -0.25) is 0 Å². The molecule has 0 unspecified atom stereocenters. The van der Waals surface area contributed by atoms with Crippen LogP contribution in [-0.2, 0) is 0 Å². The summed E-state index contributed by atoms with van der Waals surface area (Å²) in [6, 6.07) is 2.30. The zero-order valence-corrected chi connectivity index (χ0v) is 5.21. The average molecular weight is 157 g/mol. The van der Waals surface area contributed by atoms with Gasteiger partial charge in [-0.15, -0.1) is 0 Å². The molecule has 0 amide bonds. The third-order valence-electron chi connectivity index (χ3n) is 1.07. The van der Waals surface area contributed by atoms with E-state index in [9.17, 15) is 20.2 Å². The van der Waals surface area contributed by atoms with Gasteiger partial charge in [-0.25, -0.2) is 10.1 Å². The van der Waals surface area contributed by atoms with E-state index in [-0.39, 0.29) is 0 Å². The molecule has 0 aromatic carbocycles. The minimum atomic E-state index is -0.863. The van der Waals surface area contributed by atoms with Gasteiger partial charge < -0.3 is 10.1 Å². The van der Waals surface area contributed by atoms with Crippen molar-refractivity contribution in [1.82, 2.24) is 4.68 Å². The van der Waals surface area contributed by atoms with Crippen molar-refractivity contribution in [3.05, 3.63) is 38.6 Å². The lowest BCUT2D eigenvalue weighted by molar-refractivity contribution is -0.559. The number of hydrogen-bond donors (Lipinski definition) is 0. The van der Waals surface area contributed by atoms with E-state index in [0.717, 1.165) is 12.3 Å². The fourth-order valence-electron chi connectivity index (χ4n) is 0.646. The van der Waals surface area contributed by atoms with Gasteiger partial charge >= 0.3 is 5.82 Å². The number of hydrogen-bond acceptors (Lipinski definition) is 4. The summed E-state index contributed by atoms with van der Waals surface area (Å²) in [6.07, 6.45) is 1.01. The van der Waals surface area contributed by atoms with Crippen LogP contribution in [0, 0.1) is 20.2 Å². The van der Waals surface area contributed by atoms with Crippen molar-refractivity contribution >= 4 is 5.82 Å². The highest BCUT2D eigenvalue weighted by Gasteiger charge is 2.20. The van der Waals surface area contributed by atoms with Gasteiger partial charge in [0.05, 0.1) is 4.68 Å². The number of nitrogens with zero attached hydrogens (tertiary/aromatic N) is 3. The minimum Gasteiger partial charge on any atom is -0.358 e. The van der Waals surface area contributed by atoms with Crippen LogP contribution in [0.4, 0.5) is 5.82 Å². The Labute approximate surface area is 60.1 Å². The van der Waals surface area contributed by atoms with Gasteiger partial charge in [0.15, 0.2) is 6.20 Å². The maximum atomic E-state index is 10.1.